The van der Waals surface area contributed by atoms with Crippen molar-refractivity contribution < 1.29 is 28.5 Å². The zero-order valence-corrected chi connectivity index (χ0v) is 31.2. The zero-order valence-electron chi connectivity index (χ0n) is 29.6. The molecule has 2 heterocycles. The molecule has 12 rings (SSSR count). The van der Waals surface area contributed by atoms with Crippen LogP contribution in [0.2, 0.25) is 0 Å². The number of carbonyl (C=O) groups is 2. The van der Waals surface area contributed by atoms with E-state index in [1.807, 2.05) is 36.4 Å². The summed E-state index contributed by atoms with van der Waals surface area (Å²) in [6, 6.07) is 18.0. The number of thioether (sulfide) groups is 2. The standard InChI is InChI=1S/C42H48N2O6S2/c45-37(31-7-3-1-4-8-31)49-35(33-23-51-39(47-33)43-41-17-25-11-26(18-41)13-27(12-25)19-41)36(50-38(46)32-9-5-2-6-10-32)34-24-52-40(48-34)44-42-20-28-14-29(21-42)16-30(15-28)22-42/h1-10,25-30,33-36H,11-24H2/t25?,26?,27?,28?,29?,30?,33-,34-,35-,36-,41?,42?/m1/s1. The lowest BCUT2D eigenvalue weighted by Crippen LogP contribution is -2.51. The van der Waals surface area contributed by atoms with Crippen LogP contribution in [0.3, 0.4) is 0 Å². The van der Waals surface area contributed by atoms with E-state index < -0.39 is 36.4 Å². The van der Waals surface area contributed by atoms with Gasteiger partial charge in [0.05, 0.1) is 22.2 Å². The second kappa shape index (κ2) is 13.4. The highest BCUT2D eigenvalue weighted by Crippen LogP contribution is 2.59. The fourth-order valence-electron chi connectivity index (χ4n) is 12.2. The average molecular weight is 741 g/mol. The molecule has 8 bridgehead atoms. The number of nitrogens with zero attached hydrogens (tertiary/aromatic N) is 2. The summed E-state index contributed by atoms with van der Waals surface area (Å²) in [6.07, 6.45) is 11.9. The molecule has 2 aromatic rings. The van der Waals surface area contributed by atoms with Gasteiger partial charge in [0.1, 0.15) is 0 Å². The van der Waals surface area contributed by atoms with Crippen LogP contribution in [-0.4, -0.2) is 69.4 Å². The maximum absolute atomic E-state index is 13.8. The smallest absolute Gasteiger partial charge is 0.338 e. The Labute approximate surface area is 314 Å². The zero-order chi connectivity index (χ0) is 34.9. The third-order valence-corrected chi connectivity index (χ3v) is 15.3. The summed E-state index contributed by atoms with van der Waals surface area (Å²) in [6.45, 7) is 0. The van der Waals surface area contributed by atoms with E-state index in [9.17, 15) is 9.59 Å². The first-order valence-corrected chi connectivity index (χ1v) is 21.6. The number of benzene rings is 2. The molecule has 0 unspecified atom stereocenters. The van der Waals surface area contributed by atoms with Crippen molar-refractivity contribution in [3.05, 3.63) is 71.8 Å². The topological polar surface area (TPSA) is 95.8 Å². The summed E-state index contributed by atoms with van der Waals surface area (Å²) < 4.78 is 26.2. The molecule has 0 radical (unpaired) electrons. The molecule has 2 aromatic carbocycles. The largest absolute Gasteiger partial charge is 0.465 e. The van der Waals surface area contributed by atoms with Crippen molar-refractivity contribution in [2.75, 3.05) is 11.5 Å². The molecule has 274 valence electrons. The fraction of sp³-hybridized carbons (Fsp3) is 0.619. The molecule has 0 N–H and O–H groups in total. The Hall–Kier alpha value is -2.98. The van der Waals surface area contributed by atoms with E-state index in [0.717, 1.165) is 74.0 Å². The Morgan fingerprint density at radius 1 is 0.558 bits per heavy atom. The van der Waals surface area contributed by atoms with Crippen LogP contribution >= 0.6 is 23.5 Å². The Morgan fingerprint density at radius 3 is 1.21 bits per heavy atom. The maximum atomic E-state index is 13.8. The van der Waals surface area contributed by atoms with Gasteiger partial charge in [-0.15, -0.1) is 0 Å². The van der Waals surface area contributed by atoms with Gasteiger partial charge in [-0.25, -0.2) is 19.6 Å². The van der Waals surface area contributed by atoms with Crippen molar-refractivity contribution in [3.8, 4) is 0 Å². The number of rotatable bonds is 9. The van der Waals surface area contributed by atoms with Crippen LogP contribution in [0.1, 0.15) is 97.8 Å². The first-order valence-electron chi connectivity index (χ1n) is 19.7. The van der Waals surface area contributed by atoms with Gasteiger partial charge >= 0.3 is 11.9 Å². The monoisotopic (exact) mass is 740 g/mol. The minimum atomic E-state index is -0.929. The van der Waals surface area contributed by atoms with E-state index in [2.05, 4.69) is 0 Å². The lowest BCUT2D eigenvalue weighted by Gasteiger charge is -2.54. The SMILES string of the molecule is O=C(O[C@@H]([C@H](OC(=O)c1ccccc1)[C@H]1CSC(=NC23CC4CC(CC(C4)C2)C3)O1)[C@H]1CSC(=NC23CC4CC(CC(C4)C2)C3)O1)c1ccccc1. The summed E-state index contributed by atoms with van der Waals surface area (Å²) in [5, 5.41) is 1.35. The van der Waals surface area contributed by atoms with Gasteiger partial charge in [-0.1, -0.05) is 59.9 Å². The van der Waals surface area contributed by atoms with Crippen LogP contribution in [-0.2, 0) is 18.9 Å². The van der Waals surface area contributed by atoms with Gasteiger partial charge in [0.25, 0.3) is 0 Å². The molecule has 4 atom stereocenters. The lowest BCUT2D eigenvalue weighted by molar-refractivity contribution is -0.0988. The molecule has 2 saturated heterocycles. The van der Waals surface area contributed by atoms with Gasteiger partial charge in [0, 0.05) is 11.5 Å². The Balaban J connectivity index is 0.953. The van der Waals surface area contributed by atoms with Crippen molar-refractivity contribution >= 4 is 45.9 Å². The van der Waals surface area contributed by atoms with Crippen LogP contribution in [0.5, 0.6) is 0 Å². The summed E-state index contributed by atoms with van der Waals surface area (Å²) in [5.74, 6) is 4.71. The third-order valence-electron chi connectivity index (χ3n) is 13.5. The summed E-state index contributed by atoms with van der Waals surface area (Å²) in [7, 11) is 0. The Morgan fingerprint density at radius 2 is 0.885 bits per heavy atom. The molecule has 10 heteroatoms. The fourth-order valence-corrected chi connectivity index (χ4v) is 14.2. The lowest BCUT2D eigenvalue weighted by atomic mass is 9.53. The molecule has 8 aliphatic carbocycles. The highest BCUT2D eigenvalue weighted by atomic mass is 32.2. The molecule has 0 spiro atoms. The number of aliphatic imine (C=N–C) groups is 2. The molecular formula is C42H48N2O6S2. The van der Waals surface area contributed by atoms with Gasteiger partial charge in [0.15, 0.2) is 24.4 Å². The number of ether oxygens (including phenoxy) is 4. The van der Waals surface area contributed by atoms with E-state index in [4.69, 9.17) is 28.9 Å². The minimum Gasteiger partial charge on any atom is -0.465 e. The normalized spacial score (nSPS) is 40.8. The van der Waals surface area contributed by atoms with Gasteiger partial charge in [-0.2, -0.15) is 0 Å². The molecule has 10 aliphatic rings. The summed E-state index contributed by atoms with van der Waals surface area (Å²) >= 11 is 3.18. The number of hydrogen-bond acceptors (Lipinski definition) is 10. The minimum absolute atomic E-state index is 0.0464. The van der Waals surface area contributed by atoms with Gasteiger partial charge in [-0.05, 0) is 137 Å². The number of carbonyl (C=O) groups excluding carboxylic acids is 2. The van der Waals surface area contributed by atoms with Crippen LogP contribution < -0.4 is 0 Å². The molecule has 0 amide bonds. The second-order valence-corrected chi connectivity index (χ2v) is 19.4. The molecular weight excluding hydrogens is 693 g/mol. The van der Waals surface area contributed by atoms with Gasteiger partial charge in [-0.3, -0.25) is 0 Å². The van der Waals surface area contributed by atoms with E-state index in [1.54, 1.807) is 47.8 Å². The van der Waals surface area contributed by atoms with Crippen LogP contribution in [0.25, 0.3) is 0 Å². The Kier molecular flexibility index (Phi) is 8.65. The van der Waals surface area contributed by atoms with E-state index in [0.29, 0.717) is 33.1 Å². The van der Waals surface area contributed by atoms with Crippen LogP contribution in [0, 0.1) is 35.5 Å². The third kappa shape index (κ3) is 6.58. The highest BCUT2D eigenvalue weighted by Gasteiger charge is 2.54. The molecule has 10 fully saturated rings. The van der Waals surface area contributed by atoms with Crippen molar-refractivity contribution in [2.45, 2.75) is 113 Å². The quantitative estimate of drug-likeness (QED) is 0.237. The predicted octanol–water partition coefficient (Wildman–Crippen LogP) is 8.35. The van der Waals surface area contributed by atoms with Gasteiger partial charge in [0.2, 0.25) is 10.5 Å². The molecule has 8 nitrogen and oxygen atoms in total. The first kappa shape index (κ1) is 33.6. The van der Waals surface area contributed by atoms with Gasteiger partial charge < -0.3 is 18.9 Å². The van der Waals surface area contributed by atoms with Crippen molar-refractivity contribution in [2.24, 2.45) is 45.5 Å². The Bertz CT molecular complexity index is 1550. The van der Waals surface area contributed by atoms with E-state index >= 15 is 0 Å². The van der Waals surface area contributed by atoms with Crippen molar-refractivity contribution in [1.29, 1.82) is 0 Å². The first-order chi connectivity index (χ1) is 25.3. The number of esters is 2. The molecule has 0 aromatic heterocycles. The average Bonchev–Trinajstić information content (AvgIpc) is 3.78. The van der Waals surface area contributed by atoms with Crippen LogP contribution in [0.15, 0.2) is 70.6 Å². The maximum Gasteiger partial charge on any atom is 0.338 e. The molecule has 52 heavy (non-hydrogen) atoms. The van der Waals surface area contributed by atoms with Crippen molar-refractivity contribution in [1.82, 2.24) is 0 Å². The van der Waals surface area contributed by atoms with Crippen LogP contribution in [0.4, 0.5) is 0 Å². The summed E-state index contributed by atoms with van der Waals surface area (Å²) in [4.78, 5) is 38.4. The molecule has 2 aliphatic heterocycles. The summed E-state index contributed by atoms with van der Waals surface area (Å²) in [5.41, 5.74) is 0.767. The second-order valence-electron chi connectivity index (χ2n) is 17.4. The number of hydrogen-bond donors (Lipinski definition) is 0. The molecule has 8 saturated carbocycles. The van der Waals surface area contributed by atoms with E-state index in [-0.39, 0.29) is 11.1 Å². The predicted molar refractivity (Wildman–Crippen MR) is 203 cm³/mol. The highest BCUT2D eigenvalue weighted by molar-refractivity contribution is 8.14. The van der Waals surface area contributed by atoms with E-state index in [1.165, 1.54) is 38.5 Å². The van der Waals surface area contributed by atoms with Crippen molar-refractivity contribution in [3.63, 3.8) is 0 Å².